The van der Waals surface area contributed by atoms with Crippen molar-refractivity contribution >= 4 is 21.7 Å². The number of hydrogen-bond donors (Lipinski definition) is 0. The highest BCUT2D eigenvalue weighted by Gasteiger charge is 2.17. The number of benzene rings is 8. The summed E-state index contributed by atoms with van der Waals surface area (Å²) >= 11 is 0. The van der Waals surface area contributed by atoms with E-state index in [1.54, 1.807) is 0 Å². The van der Waals surface area contributed by atoms with Crippen molar-refractivity contribution in [2.45, 2.75) is 0 Å². The molecule has 8 aromatic carbocycles. The van der Waals surface area contributed by atoms with Crippen molar-refractivity contribution in [1.82, 2.24) is 15.0 Å². The van der Waals surface area contributed by atoms with E-state index < -0.39 is 0 Å². The van der Waals surface area contributed by atoms with Gasteiger partial charge in [0.2, 0.25) is 0 Å². The maximum absolute atomic E-state index is 5.32. The van der Waals surface area contributed by atoms with Crippen molar-refractivity contribution < 1.29 is 0 Å². The summed E-state index contributed by atoms with van der Waals surface area (Å²) in [7, 11) is 0. The van der Waals surface area contributed by atoms with Crippen LogP contribution in [0.15, 0.2) is 212 Å². The van der Waals surface area contributed by atoms with Crippen LogP contribution in [0.2, 0.25) is 0 Å². The van der Waals surface area contributed by atoms with Gasteiger partial charge in [0.1, 0.15) is 0 Å². The van der Waals surface area contributed by atoms with E-state index in [2.05, 4.69) is 200 Å². The van der Waals surface area contributed by atoms with E-state index in [0.29, 0.717) is 5.82 Å². The normalized spacial score (nSPS) is 11.2. The predicted octanol–water partition coefficient (Wildman–Crippen LogP) is 13.8. The van der Waals surface area contributed by atoms with E-state index >= 15 is 0 Å². The van der Waals surface area contributed by atoms with E-state index in [-0.39, 0.29) is 0 Å². The molecular weight excluding hydrogens is 679 g/mol. The van der Waals surface area contributed by atoms with E-state index in [1.807, 2.05) is 12.1 Å². The first-order valence-corrected chi connectivity index (χ1v) is 18.9. The molecule has 0 aliphatic rings. The van der Waals surface area contributed by atoms with Crippen LogP contribution in [0.5, 0.6) is 0 Å². The summed E-state index contributed by atoms with van der Waals surface area (Å²) in [6.45, 7) is 0. The summed E-state index contributed by atoms with van der Waals surface area (Å²) in [4.78, 5) is 15.9. The summed E-state index contributed by atoms with van der Waals surface area (Å²) < 4.78 is 0. The lowest BCUT2D eigenvalue weighted by Gasteiger charge is -2.15. The first-order chi connectivity index (χ1) is 27.7. The van der Waals surface area contributed by atoms with Gasteiger partial charge >= 0.3 is 0 Å². The minimum atomic E-state index is 0.674. The lowest BCUT2D eigenvalue weighted by molar-refractivity contribution is 1.18. The first-order valence-electron chi connectivity index (χ1n) is 18.9. The van der Waals surface area contributed by atoms with Crippen LogP contribution in [0.1, 0.15) is 0 Å². The monoisotopic (exact) mass is 713 g/mol. The predicted molar refractivity (Wildman–Crippen MR) is 233 cm³/mol. The number of hydrogen-bond acceptors (Lipinski definition) is 3. The van der Waals surface area contributed by atoms with Crippen LogP contribution in [0.4, 0.5) is 0 Å². The Hall–Kier alpha value is -7.49. The molecule has 3 heteroatoms. The maximum atomic E-state index is 5.32. The van der Waals surface area contributed by atoms with Crippen molar-refractivity contribution in [3.63, 3.8) is 0 Å². The molecule has 0 saturated carbocycles. The molecular formula is C53H35N3. The van der Waals surface area contributed by atoms with E-state index in [0.717, 1.165) is 77.9 Å². The largest absolute Gasteiger partial charge is 0.247 e. The molecule has 0 unspecified atom stereocenters. The van der Waals surface area contributed by atoms with Gasteiger partial charge in [-0.05, 0) is 63.7 Å². The van der Waals surface area contributed by atoms with Gasteiger partial charge in [-0.2, -0.15) is 0 Å². The van der Waals surface area contributed by atoms with Gasteiger partial charge in [0, 0.05) is 38.4 Å². The van der Waals surface area contributed by atoms with Gasteiger partial charge in [-0.25, -0.2) is 15.0 Å². The van der Waals surface area contributed by atoms with Gasteiger partial charge in [0.05, 0.1) is 22.6 Å². The number of nitrogens with zero attached hydrogens (tertiary/aromatic N) is 3. The Balaban J connectivity index is 1.20. The Kier molecular flexibility index (Phi) is 8.51. The SMILES string of the molecule is c1ccc(-c2cccc(-c3cc(-c4ccc5nc(-c6ccccc6)c6cccc(-c7ccccc7)c6c5c4)nc(-c4cccc(-c5ccccc5)c4)n3)c2)cc1. The smallest absolute Gasteiger partial charge is 0.160 e. The molecule has 0 fully saturated rings. The molecule has 3 nitrogen and oxygen atoms in total. The number of aromatic nitrogens is 3. The lowest BCUT2D eigenvalue weighted by Crippen LogP contribution is -1.97. The molecule has 0 aliphatic heterocycles. The second-order valence-electron chi connectivity index (χ2n) is 14.0. The second kappa shape index (κ2) is 14.4. The Morgan fingerprint density at radius 3 is 1.38 bits per heavy atom. The Labute approximate surface area is 326 Å². The molecule has 56 heavy (non-hydrogen) atoms. The number of pyridine rings is 1. The summed E-state index contributed by atoms with van der Waals surface area (Å²) in [5.41, 5.74) is 14.6. The molecule has 262 valence electrons. The van der Waals surface area contributed by atoms with Crippen LogP contribution in [0.3, 0.4) is 0 Å². The standard InChI is InChI=1S/C53H35N3/c1-5-16-36(17-6-1)40-24-13-26-42(32-40)49-35-50(56-53(55-49)44-27-14-25-41(33-44)37-18-7-2-8-19-37)43-30-31-48-47(34-43)51-45(38-20-9-3-10-21-38)28-15-29-46(51)52(54-48)39-22-11-4-12-23-39/h1-35H. The molecule has 0 saturated heterocycles. The zero-order valence-electron chi connectivity index (χ0n) is 30.5. The van der Waals surface area contributed by atoms with E-state index in [9.17, 15) is 0 Å². The van der Waals surface area contributed by atoms with Crippen molar-refractivity contribution in [2.75, 3.05) is 0 Å². The Morgan fingerprint density at radius 2 is 0.750 bits per heavy atom. The minimum Gasteiger partial charge on any atom is -0.247 e. The highest BCUT2D eigenvalue weighted by atomic mass is 14.9. The summed E-state index contributed by atoms with van der Waals surface area (Å²) in [5, 5.41) is 3.36. The molecule has 0 N–H and O–H groups in total. The molecule has 0 amide bonds. The summed E-state index contributed by atoms with van der Waals surface area (Å²) in [6.07, 6.45) is 0. The molecule has 0 aliphatic carbocycles. The van der Waals surface area contributed by atoms with Gasteiger partial charge in [-0.15, -0.1) is 0 Å². The van der Waals surface area contributed by atoms with Crippen molar-refractivity contribution in [3.05, 3.63) is 212 Å². The average Bonchev–Trinajstić information content (AvgIpc) is 3.29. The second-order valence-corrected chi connectivity index (χ2v) is 14.0. The third kappa shape index (κ3) is 6.31. The highest BCUT2D eigenvalue weighted by molar-refractivity contribution is 6.17. The topological polar surface area (TPSA) is 38.7 Å². The number of fused-ring (bicyclic) bond motifs is 3. The summed E-state index contributed by atoms with van der Waals surface area (Å²) in [6, 6.07) is 74.5. The molecule has 0 radical (unpaired) electrons. The molecule has 10 rings (SSSR count). The third-order valence-corrected chi connectivity index (χ3v) is 10.5. The van der Waals surface area contributed by atoms with Crippen LogP contribution in [-0.2, 0) is 0 Å². The number of rotatable bonds is 7. The lowest BCUT2D eigenvalue weighted by atomic mass is 9.92. The fourth-order valence-corrected chi connectivity index (χ4v) is 7.72. The van der Waals surface area contributed by atoms with Crippen LogP contribution < -0.4 is 0 Å². The van der Waals surface area contributed by atoms with E-state index in [4.69, 9.17) is 15.0 Å². The van der Waals surface area contributed by atoms with Crippen molar-refractivity contribution in [2.24, 2.45) is 0 Å². The fraction of sp³-hybridized carbons (Fsp3) is 0. The fourth-order valence-electron chi connectivity index (χ4n) is 7.72. The van der Waals surface area contributed by atoms with Crippen LogP contribution in [0, 0.1) is 0 Å². The molecule has 0 bridgehead atoms. The quantitative estimate of drug-likeness (QED) is 0.154. The van der Waals surface area contributed by atoms with Crippen LogP contribution in [-0.4, -0.2) is 15.0 Å². The Morgan fingerprint density at radius 1 is 0.268 bits per heavy atom. The third-order valence-electron chi connectivity index (χ3n) is 10.5. The molecule has 2 heterocycles. The van der Waals surface area contributed by atoms with Crippen molar-refractivity contribution in [1.29, 1.82) is 0 Å². The molecule has 0 spiro atoms. The molecule has 10 aromatic rings. The van der Waals surface area contributed by atoms with Crippen LogP contribution in [0.25, 0.3) is 100 Å². The van der Waals surface area contributed by atoms with Crippen LogP contribution >= 0.6 is 0 Å². The molecule has 0 atom stereocenters. The van der Waals surface area contributed by atoms with Gasteiger partial charge in [-0.3, -0.25) is 0 Å². The summed E-state index contributed by atoms with van der Waals surface area (Å²) in [5.74, 6) is 0.674. The Bertz CT molecular complexity index is 2900. The van der Waals surface area contributed by atoms with Gasteiger partial charge in [0.25, 0.3) is 0 Å². The average molecular weight is 714 g/mol. The first kappa shape index (κ1) is 33.1. The maximum Gasteiger partial charge on any atom is 0.160 e. The minimum absolute atomic E-state index is 0.674. The highest BCUT2D eigenvalue weighted by Crippen LogP contribution is 2.40. The zero-order chi connectivity index (χ0) is 37.3. The zero-order valence-corrected chi connectivity index (χ0v) is 30.5. The van der Waals surface area contributed by atoms with E-state index in [1.165, 1.54) is 16.5 Å². The van der Waals surface area contributed by atoms with Gasteiger partial charge < -0.3 is 0 Å². The van der Waals surface area contributed by atoms with Crippen molar-refractivity contribution in [3.8, 4) is 78.5 Å². The van der Waals surface area contributed by atoms with Gasteiger partial charge in [0.15, 0.2) is 5.82 Å². The molecule has 2 aromatic heterocycles. The van der Waals surface area contributed by atoms with Gasteiger partial charge in [-0.1, -0.05) is 182 Å².